The van der Waals surface area contributed by atoms with Gasteiger partial charge >= 0.3 is 0 Å². The summed E-state index contributed by atoms with van der Waals surface area (Å²) in [7, 11) is 3.17. The molecule has 7 heteroatoms. The van der Waals surface area contributed by atoms with Crippen LogP contribution in [-0.4, -0.2) is 19.3 Å². The van der Waals surface area contributed by atoms with Crippen LogP contribution in [0.15, 0.2) is 66.7 Å². The summed E-state index contributed by atoms with van der Waals surface area (Å²) >= 11 is 12.6. The summed E-state index contributed by atoms with van der Waals surface area (Å²) in [6, 6.07) is 18.3. The lowest BCUT2D eigenvalue weighted by Gasteiger charge is -2.34. The first-order valence-electron chi connectivity index (χ1n) is 9.70. The molecule has 1 aliphatic rings. The number of phenols is 1. The third-order valence-electron chi connectivity index (χ3n) is 5.24. The van der Waals surface area contributed by atoms with Gasteiger partial charge in [0, 0.05) is 26.9 Å². The number of aromatic hydroxyl groups is 1. The molecule has 3 aromatic carbocycles. The number of para-hydroxylation sites is 1. The number of nitrogens with one attached hydrogen (secondary N) is 2. The molecule has 0 saturated heterocycles. The molecule has 3 N–H and O–H groups in total. The van der Waals surface area contributed by atoms with E-state index in [4.69, 9.17) is 32.7 Å². The van der Waals surface area contributed by atoms with E-state index in [1.54, 1.807) is 25.3 Å². The lowest BCUT2D eigenvalue weighted by Crippen LogP contribution is -2.39. The maximum absolute atomic E-state index is 10.7. The number of phenolic OH excluding ortho intramolecular Hbond substituents is 1. The SMILES string of the molecule is COc1ccc(C2=CC(c3cccc(OC)c3O)NC(c3ccc(Cl)cc3Cl)N2)cc1. The zero-order valence-electron chi connectivity index (χ0n) is 17.0. The smallest absolute Gasteiger partial charge is 0.162 e. The van der Waals surface area contributed by atoms with Crippen LogP contribution in [0, 0.1) is 0 Å². The van der Waals surface area contributed by atoms with Gasteiger partial charge in [-0.05, 0) is 54.1 Å². The van der Waals surface area contributed by atoms with Crippen molar-refractivity contribution in [1.29, 1.82) is 0 Å². The van der Waals surface area contributed by atoms with Crippen molar-refractivity contribution in [3.63, 3.8) is 0 Å². The highest BCUT2D eigenvalue weighted by Gasteiger charge is 2.27. The van der Waals surface area contributed by atoms with Gasteiger partial charge in [-0.25, -0.2) is 0 Å². The molecule has 2 atom stereocenters. The third-order valence-corrected chi connectivity index (χ3v) is 5.80. The normalized spacial score (nSPS) is 18.1. The molecule has 1 aliphatic heterocycles. The molecule has 0 radical (unpaired) electrons. The summed E-state index contributed by atoms with van der Waals surface area (Å²) in [6.45, 7) is 0. The van der Waals surface area contributed by atoms with E-state index in [9.17, 15) is 5.11 Å². The summed E-state index contributed by atoms with van der Waals surface area (Å²) in [5.41, 5.74) is 3.41. The van der Waals surface area contributed by atoms with Crippen LogP contribution >= 0.6 is 23.2 Å². The molecule has 31 heavy (non-hydrogen) atoms. The minimum Gasteiger partial charge on any atom is -0.504 e. The number of halogens is 2. The summed E-state index contributed by atoms with van der Waals surface area (Å²) < 4.78 is 10.6. The Balaban J connectivity index is 1.78. The highest BCUT2D eigenvalue weighted by Crippen LogP contribution is 2.39. The highest BCUT2D eigenvalue weighted by molar-refractivity contribution is 6.35. The van der Waals surface area contributed by atoms with Crippen LogP contribution in [0.5, 0.6) is 17.2 Å². The number of rotatable bonds is 5. The van der Waals surface area contributed by atoms with E-state index in [0.29, 0.717) is 21.4 Å². The maximum Gasteiger partial charge on any atom is 0.162 e. The molecular formula is C24H22Cl2N2O3. The van der Waals surface area contributed by atoms with Crippen molar-refractivity contribution in [2.45, 2.75) is 12.2 Å². The number of hydrogen-bond donors (Lipinski definition) is 3. The van der Waals surface area contributed by atoms with Crippen LogP contribution in [-0.2, 0) is 0 Å². The van der Waals surface area contributed by atoms with Crippen molar-refractivity contribution in [2.75, 3.05) is 14.2 Å². The van der Waals surface area contributed by atoms with Gasteiger partial charge in [-0.3, -0.25) is 5.32 Å². The molecule has 4 rings (SSSR count). The monoisotopic (exact) mass is 456 g/mol. The predicted octanol–water partition coefficient (Wildman–Crippen LogP) is 5.69. The average Bonchev–Trinajstić information content (AvgIpc) is 2.79. The van der Waals surface area contributed by atoms with E-state index in [0.717, 1.165) is 22.6 Å². The van der Waals surface area contributed by atoms with E-state index < -0.39 is 0 Å². The Morgan fingerprint density at radius 2 is 1.68 bits per heavy atom. The minimum absolute atomic E-state index is 0.0932. The van der Waals surface area contributed by atoms with Crippen molar-refractivity contribution < 1.29 is 14.6 Å². The second-order valence-electron chi connectivity index (χ2n) is 7.09. The Morgan fingerprint density at radius 1 is 0.903 bits per heavy atom. The largest absolute Gasteiger partial charge is 0.504 e. The quantitative estimate of drug-likeness (QED) is 0.460. The molecule has 0 fully saturated rings. The Kier molecular flexibility index (Phi) is 6.28. The van der Waals surface area contributed by atoms with Gasteiger partial charge in [-0.2, -0.15) is 0 Å². The lowest BCUT2D eigenvalue weighted by molar-refractivity contribution is 0.363. The summed E-state index contributed by atoms with van der Waals surface area (Å²) in [6.07, 6.45) is 1.71. The van der Waals surface area contributed by atoms with Crippen LogP contribution < -0.4 is 20.1 Å². The fourth-order valence-electron chi connectivity index (χ4n) is 3.63. The van der Waals surface area contributed by atoms with Gasteiger partial charge in [0.25, 0.3) is 0 Å². The second-order valence-corrected chi connectivity index (χ2v) is 7.94. The molecule has 0 aliphatic carbocycles. The molecule has 160 valence electrons. The topological polar surface area (TPSA) is 62.8 Å². The molecule has 0 amide bonds. The van der Waals surface area contributed by atoms with Gasteiger partial charge in [0.1, 0.15) is 11.9 Å². The average molecular weight is 457 g/mol. The van der Waals surface area contributed by atoms with E-state index >= 15 is 0 Å². The Morgan fingerprint density at radius 3 is 2.35 bits per heavy atom. The first kappa shape index (κ1) is 21.4. The van der Waals surface area contributed by atoms with Crippen LogP contribution in [0.2, 0.25) is 10.0 Å². The number of benzene rings is 3. The van der Waals surface area contributed by atoms with Gasteiger partial charge in [0.15, 0.2) is 11.5 Å². The molecule has 5 nitrogen and oxygen atoms in total. The van der Waals surface area contributed by atoms with Crippen molar-refractivity contribution in [2.24, 2.45) is 0 Å². The van der Waals surface area contributed by atoms with Crippen LogP contribution in [0.3, 0.4) is 0 Å². The molecule has 1 heterocycles. The van der Waals surface area contributed by atoms with E-state index in [2.05, 4.69) is 10.6 Å². The summed E-state index contributed by atoms with van der Waals surface area (Å²) in [4.78, 5) is 0. The van der Waals surface area contributed by atoms with Crippen molar-refractivity contribution in [3.8, 4) is 17.2 Å². The van der Waals surface area contributed by atoms with E-state index in [-0.39, 0.29) is 18.0 Å². The molecule has 0 spiro atoms. The van der Waals surface area contributed by atoms with Crippen LogP contribution in [0.25, 0.3) is 5.70 Å². The summed E-state index contributed by atoms with van der Waals surface area (Å²) in [5, 5.41) is 18.9. The van der Waals surface area contributed by atoms with E-state index in [1.165, 1.54) is 7.11 Å². The van der Waals surface area contributed by atoms with Crippen molar-refractivity contribution in [3.05, 3.63) is 93.5 Å². The standard InChI is InChI=1S/C24H22Cl2N2O3/c1-30-16-9-6-14(7-10-16)20-13-21(18-4-3-5-22(31-2)23(18)29)28-24(27-20)17-11-8-15(25)12-19(17)26/h3-13,21,24,27-29H,1-2H3. The zero-order chi connectivity index (χ0) is 22.0. The lowest BCUT2D eigenvalue weighted by atomic mass is 9.97. The fourth-order valence-corrected chi connectivity index (χ4v) is 4.15. The highest BCUT2D eigenvalue weighted by atomic mass is 35.5. The van der Waals surface area contributed by atoms with Crippen LogP contribution in [0.4, 0.5) is 0 Å². The van der Waals surface area contributed by atoms with Gasteiger partial charge in [0.05, 0.1) is 20.3 Å². The zero-order valence-corrected chi connectivity index (χ0v) is 18.5. The second kappa shape index (κ2) is 9.10. The number of methoxy groups -OCH3 is 2. The molecule has 0 saturated carbocycles. The fraction of sp³-hybridized carbons (Fsp3) is 0.167. The van der Waals surface area contributed by atoms with Gasteiger partial charge in [-0.1, -0.05) is 41.4 Å². The summed E-state index contributed by atoms with van der Waals surface area (Å²) in [5.74, 6) is 1.28. The molecule has 0 bridgehead atoms. The van der Waals surface area contributed by atoms with Crippen molar-refractivity contribution >= 4 is 28.9 Å². The molecule has 3 aromatic rings. The molecular weight excluding hydrogens is 435 g/mol. The molecule has 0 aromatic heterocycles. The Hall–Kier alpha value is -2.86. The van der Waals surface area contributed by atoms with Gasteiger partial charge < -0.3 is 19.9 Å². The minimum atomic E-state index is -0.317. The first-order chi connectivity index (χ1) is 15.0. The maximum atomic E-state index is 10.7. The predicted molar refractivity (Wildman–Crippen MR) is 124 cm³/mol. The number of ether oxygens (including phenoxy) is 2. The van der Waals surface area contributed by atoms with Crippen molar-refractivity contribution in [1.82, 2.24) is 10.6 Å². The van der Waals surface area contributed by atoms with Gasteiger partial charge in [-0.15, -0.1) is 0 Å². The van der Waals surface area contributed by atoms with Gasteiger partial charge in [0.2, 0.25) is 0 Å². The third kappa shape index (κ3) is 4.44. The Labute approximate surface area is 191 Å². The molecule has 2 unspecified atom stereocenters. The number of hydrogen-bond acceptors (Lipinski definition) is 5. The van der Waals surface area contributed by atoms with Crippen LogP contribution in [0.1, 0.15) is 28.9 Å². The van der Waals surface area contributed by atoms with E-state index in [1.807, 2.05) is 48.5 Å². The Bertz CT molecular complexity index is 1120. The first-order valence-corrected chi connectivity index (χ1v) is 10.5.